The second kappa shape index (κ2) is 7.17. The van der Waals surface area contributed by atoms with E-state index in [0.717, 1.165) is 18.6 Å². The minimum Gasteiger partial charge on any atom is -0.490 e. The summed E-state index contributed by atoms with van der Waals surface area (Å²) in [5, 5.41) is 11.9. The Morgan fingerprint density at radius 3 is 2.25 bits per heavy atom. The van der Waals surface area contributed by atoms with E-state index in [2.05, 4.69) is 5.32 Å². The van der Waals surface area contributed by atoms with Crippen LogP contribution in [0.3, 0.4) is 0 Å². The summed E-state index contributed by atoms with van der Waals surface area (Å²) in [6.07, 6.45) is 3.61. The van der Waals surface area contributed by atoms with Crippen LogP contribution in [0.15, 0.2) is 54.6 Å². The molecule has 1 amide bonds. The summed E-state index contributed by atoms with van der Waals surface area (Å²) in [5.74, 6) is -0.796. The van der Waals surface area contributed by atoms with E-state index in [1.807, 2.05) is 0 Å². The molecule has 0 unspecified atom stereocenters. The largest absolute Gasteiger partial charge is 0.490 e. The number of carbonyl (C=O) groups excluding carboxylic acids is 1. The third-order valence-electron chi connectivity index (χ3n) is 4.13. The van der Waals surface area contributed by atoms with Crippen molar-refractivity contribution in [2.24, 2.45) is 0 Å². The van der Waals surface area contributed by atoms with Crippen LogP contribution in [0.5, 0.6) is 5.75 Å². The van der Waals surface area contributed by atoms with Crippen molar-refractivity contribution in [1.29, 1.82) is 0 Å². The Labute approximate surface area is 140 Å². The van der Waals surface area contributed by atoms with Crippen LogP contribution in [-0.2, 0) is 4.79 Å². The van der Waals surface area contributed by atoms with Crippen LogP contribution < -0.4 is 10.1 Å². The van der Waals surface area contributed by atoms with Gasteiger partial charge < -0.3 is 15.2 Å². The van der Waals surface area contributed by atoms with E-state index in [0.29, 0.717) is 11.1 Å². The summed E-state index contributed by atoms with van der Waals surface area (Å²) in [5.41, 5.74) is 0.932. The molecule has 0 bridgehead atoms. The predicted molar refractivity (Wildman–Crippen MR) is 89.0 cm³/mol. The van der Waals surface area contributed by atoms with Gasteiger partial charge in [0.05, 0.1) is 6.10 Å². The highest BCUT2D eigenvalue weighted by atomic mass is 16.5. The molecular weight excluding hydrogens is 306 g/mol. The second-order valence-corrected chi connectivity index (χ2v) is 5.85. The van der Waals surface area contributed by atoms with E-state index in [4.69, 9.17) is 4.74 Å². The predicted octanol–water partition coefficient (Wildman–Crippen LogP) is 3.17. The van der Waals surface area contributed by atoms with Gasteiger partial charge in [-0.15, -0.1) is 0 Å². The van der Waals surface area contributed by atoms with Gasteiger partial charge in [-0.3, -0.25) is 4.79 Å². The summed E-state index contributed by atoms with van der Waals surface area (Å²) >= 11 is 0. The van der Waals surface area contributed by atoms with Crippen molar-refractivity contribution in [3.8, 4) is 5.75 Å². The van der Waals surface area contributed by atoms with Crippen molar-refractivity contribution in [2.45, 2.75) is 31.4 Å². The highest BCUT2D eigenvalue weighted by Gasteiger charge is 2.23. The van der Waals surface area contributed by atoms with Crippen molar-refractivity contribution in [3.05, 3.63) is 65.7 Å². The average molecular weight is 325 g/mol. The molecule has 2 N–H and O–H groups in total. The average Bonchev–Trinajstić information content (AvgIpc) is 2.57. The lowest BCUT2D eigenvalue weighted by Crippen LogP contribution is -2.33. The third-order valence-corrected chi connectivity index (χ3v) is 4.13. The van der Waals surface area contributed by atoms with Crippen molar-refractivity contribution < 1.29 is 19.4 Å². The summed E-state index contributed by atoms with van der Waals surface area (Å²) in [6.45, 7) is 0. The first-order valence-electron chi connectivity index (χ1n) is 7.99. The molecule has 5 nitrogen and oxygen atoms in total. The Morgan fingerprint density at radius 2 is 1.71 bits per heavy atom. The van der Waals surface area contributed by atoms with Gasteiger partial charge >= 0.3 is 5.97 Å². The van der Waals surface area contributed by atoms with Gasteiger partial charge in [-0.05, 0) is 49.1 Å². The fourth-order valence-electron chi connectivity index (χ4n) is 2.51. The number of nitrogens with one attached hydrogen (secondary N) is 1. The number of carboxylic acid groups (broad SMARTS) is 1. The van der Waals surface area contributed by atoms with E-state index >= 15 is 0 Å². The van der Waals surface area contributed by atoms with Crippen LogP contribution in [0.1, 0.15) is 41.2 Å². The van der Waals surface area contributed by atoms with Crippen molar-refractivity contribution in [1.82, 2.24) is 5.32 Å². The molecule has 2 aromatic carbocycles. The lowest BCUT2D eigenvalue weighted by Gasteiger charge is -2.26. The molecule has 2 aromatic rings. The number of hydrogen-bond acceptors (Lipinski definition) is 3. The SMILES string of the molecule is O=C(N[C@H](C(=O)O)c1ccccc1)c1ccc(OC2CCC2)cc1. The van der Waals surface area contributed by atoms with Gasteiger partial charge in [0.15, 0.2) is 6.04 Å². The number of aliphatic carboxylic acids is 1. The minimum atomic E-state index is -1.10. The van der Waals surface area contributed by atoms with Gasteiger partial charge in [-0.2, -0.15) is 0 Å². The molecule has 0 saturated heterocycles. The maximum Gasteiger partial charge on any atom is 0.330 e. The molecule has 1 fully saturated rings. The number of amides is 1. The van der Waals surface area contributed by atoms with Crippen molar-refractivity contribution in [3.63, 3.8) is 0 Å². The topological polar surface area (TPSA) is 75.6 Å². The quantitative estimate of drug-likeness (QED) is 0.855. The number of rotatable bonds is 6. The molecule has 1 aliphatic carbocycles. The molecular formula is C19H19NO4. The van der Waals surface area contributed by atoms with Crippen LogP contribution >= 0.6 is 0 Å². The van der Waals surface area contributed by atoms with E-state index in [-0.39, 0.29) is 6.10 Å². The molecule has 5 heteroatoms. The maximum atomic E-state index is 12.3. The van der Waals surface area contributed by atoms with E-state index in [1.165, 1.54) is 6.42 Å². The van der Waals surface area contributed by atoms with Gasteiger partial charge in [0.1, 0.15) is 5.75 Å². The molecule has 0 aliphatic heterocycles. The third kappa shape index (κ3) is 3.74. The maximum absolute atomic E-state index is 12.3. The molecule has 1 atom stereocenters. The molecule has 0 heterocycles. The molecule has 24 heavy (non-hydrogen) atoms. The van der Waals surface area contributed by atoms with Gasteiger partial charge in [-0.25, -0.2) is 4.79 Å². The first-order chi connectivity index (χ1) is 11.6. The highest BCUT2D eigenvalue weighted by Crippen LogP contribution is 2.25. The zero-order valence-electron chi connectivity index (χ0n) is 13.1. The van der Waals surface area contributed by atoms with Gasteiger partial charge in [-0.1, -0.05) is 30.3 Å². The second-order valence-electron chi connectivity index (χ2n) is 5.85. The lowest BCUT2D eigenvalue weighted by molar-refractivity contribution is -0.139. The number of benzene rings is 2. The number of carbonyl (C=O) groups is 2. The molecule has 3 rings (SSSR count). The first kappa shape index (κ1) is 16.1. The lowest BCUT2D eigenvalue weighted by atomic mass is 9.96. The van der Waals surface area contributed by atoms with E-state index in [1.54, 1.807) is 54.6 Å². The monoisotopic (exact) mass is 325 g/mol. The summed E-state index contributed by atoms with van der Waals surface area (Å²) in [4.78, 5) is 23.8. The molecule has 1 saturated carbocycles. The number of hydrogen-bond donors (Lipinski definition) is 2. The summed E-state index contributed by atoms with van der Waals surface area (Å²) < 4.78 is 5.75. The fourth-order valence-corrected chi connectivity index (χ4v) is 2.51. The zero-order chi connectivity index (χ0) is 16.9. The van der Waals surface area contributed by atoms with Crippen LogP contribution in [0, 0.1) is 0 Å². The standard InChI is InChI=1S/C19H19NO4/c21-18(20-17(19(22)23)13-5-2-1-3-6-13)14-9-11-16(12-10-14)24-15-7-4-8-15/h1-3,5-6,9-12,15,17H,4,7-8H2,(H,20,21)(H,22,23)/t17-/m0/s1. The Kier molecular flexibility index (Phi) is 4.79. The van der Waals surface area contributed by atoms with Gasteiger partial charge in [0.25, 0.3) is 5.91 Å². The molecule has 0 radical (unpaired) electrons. The number of ether oxygens (including phenoxy) is 1. The van der Waals surface area contributed by atoms with Crippen LogP contribution in [-0.4, -0.2) is 23.1 Å². The molecule has 0 aromatic heterocycles. The summed E-state index contributed by atoms with van der Waals surface area (Å²) in [7, 11) is 0. The van der Waals surface area contributed by atoms with Gasteiger partial charge in [0, 0.05) is 5.56 Å². The Bertz CT molecular complexity index is 708. The molecule has 1 aliphatic rings. The fraction of sp³-hybridized carbons (Fsp3) is 0.263. The van der Waals surface area contributed by atoms with Crippen molar-refractivity contribution >= 4 is 11.9 Å². The van der Waals surface area contributed by atoms with Crippen LogP contribution in [0.2, 0.25) is 0 Å². The van der Waals surface area contributed by atoms with Crippen molar-refractivity contribution in [2.75, 3.05) is 0 Å². The normalized spacial score (nSPS) is 15.2. The van der Waals surface area contributed by atoms with Crippen LogP contribution in [0.25, 0.3) is 0 Å². The Hall–Kier alpha value is -2.82. The molecule has 0 spiro atoms. The minimum absolute atomic E-state index is 0.277. The van der Waals surface area contributed by atoms with Gasteiger partial charge in [0.2, 0.25) is 0 Å². The smallest absolute Gasteiger partial charge is 0.330 e. The molecule has 124 valence electrons. The summed E-state index contributed by atoms with van der Waals surface area (Å²) in [6, 6.07) is 14.3. The highest BCUT2D eigenvalue weighted by molar-refractivity contribution is 5.96. The van der Waals surface area contributed by atoms with E-state index < -0.39 is 17.9 Å². The number of carboxylic acids is 1. The first-order valence-corrected chi connectivity index (χ1v) is 7.99. The van der Waals surface area contributed by atoms with Crippen LogP contribution in [0.4, 0.5) is 0 Å². The Balaban J connectivity index is 1.67. The van der Waals surface area contributed by atoms with E-state index in [9.17, 15) is 14.7 Å². The zero-order valence-corrected chi connectivity index (χ0v) is 13.1. The Morgan fingerprint density at radius 1 is 1.04 bits per heavy atom.